The van der Waals surface area contributed by atoms with Crippen molar-refractivity contribution in [2.45, 2.75) is 148 Å². The number of halogens is 1. The number of aromatic nitrogens is 6. The van der Waals surface area contributed by atoms with E-state index in [-0.39, 0.29) is 58.5 Å². The molecule has 0 amide bonds. The number of aliphatic hydroxyl groups excluding tert-OH is 3. The van der Waals surface area contributed by atoms with E-state index >= 15 is 0 Å². The third kappa shape index (κ3) is 21.4. The molecule has 4 N–H and O–H groups in total. The van der Waals surface area contributed by atoms with Gasteiger partial charge in [-0.2, -0.15) is 15.3 Å². The molecule has 1 fully saturated rings. The first-order valence-electron chi connectivity index (χ1n) is 33.7. The predicted molar refractivity (Wildman–Crippen MR) is 404 cm³/mol. The number of aromatic carboxylic acids is 1. The molecular weight excluding hydrogens is 1460 g/mol. The fraction of sp³-hybridized carbons (Fsp3) is 0.368. The predicted octanol–water partition coefficient (Wildman–Crippen LogP) is 12.4. The van der Waals surface area contributed by atoms with E-state index in [1.807, 2.05) is 124 Å². The molecule has 0 spiro atoms. The second-order valence-electron chi connectivity index (χ2n) is 27.3. The van der Waals surface area contributed by atoms with E-state index in [4.69, 9.17) is 18.8 Å². The van der Waals surface area contributed by atoms with Crippen LogP contribution < -0.4 is 5.46 Å². The average molecular weight is 1550 g/mol. The van der Waals surface area contributed by atoms with Gasteiger partial charge in [-0.25, -0.2) is 39.6 Å². The number of esters is 2. The molecule has 28 heteroatoms. The lowest BCUT2D eigenvalue weighted by Gasteiger charge is -2.32. The fourth-order valence-corrected chi connectivity index (χ4v) is 14.1. The van der Waals surface area contributed by atoms with Gasteiger partial charge in [-0.15, -0.1) is 0 Å². The molecule has 1 saturated heterocycles. The van der Waals surface area contributed by atoms with E-state index in [2.05, 4.69) is 58.9 Å². The number of carboxylic acid groups (broad SMARTS) is 1. The quantitative estimate of drug-likeness (QED) is 0.0341. The molecule has 0 radical (unpaired) electrons. The Balaban J connectivity index is 0.000000197. The molecule has 0 atom stereocenters. The fourth-order valence-electron chi connectivity index (χ4n) is 11.0. The Morgan fingerprint density at radius 1 is 0.452 bits per heavy atom. The minimum atomic E-state index is -3.48. The Morgan fingerprint density at radius 2 is 0.740 bits per heavy atom. The molecule has 104 heavy (non-hydrogen) atoms. The molecule has 556 valence electrons. The van der Waals surface area contributed by atoms with Crippen LogP contribution in [-0.4, -0.2) is 143 Å². The second-order valence-corrected chi connectivity index (χ2v) is 34.1. The minimum Gasteiger partial charge on any atom is -0.476 e. The van der Waals surface area contributed by atoms with Gasteiger partial charge in [-0.3, -0.25) is 14.0 Å². The van der Waals surface area contributed by atoms with Gasteiger partial charge >= 0.3 is 25.0 Å². The van der Waals surface area contributed by atoms with Gasteiger partial charge in [-0.05, 0) is 169 Å². The Hall–Kier alpha value is -8.45. The highest BCUT2D eigenvalue weighted by Gasteiger charge is 2.52. The molecule has 4 heterocycles. The number of sulfone groups is 3. The largest absolute Gasteiger partial charge is 0.494 e. The van der Waals surface area contributed by atoms with Crippen molar-refractivity contribution in [1.82, 2.24) is 29.3 Å². The van der Waals surface area contributed by atoms with Crippen molar-refractivity contribution < 1.29 is 78.8 Å². The maximum atomic E-state index is 12.2. The summed E-state index contributed by atoms with van der Waals surface area (Å²) in [5.74, 6) is -0.836. The van der Waals surface area contributed by atoms with Crippen molar-refractivity contribution in [3.8, 4) is 56.0 Å². The van der Waals surface area contributed by atoms with E-state index in [1.165, 1.54) is 6.07 Å². The Labute approximate surface area is 618 Å². The number of aliphatic hydroxyl groups is 3. The SMILES string of the molecule is CC(C)Cn1nc(C(=O)O)cc1-c1ccc(-c2ccc(CO)c(S(C)(=O)=O)c2)cc1.CC1(C)OB(c2ccc(CO)c(S(C)(=O)=O)c2)OC1(C)C.CCOC(=O)c1cc(-c2ccc(-c3ccc(CO)c(S(C)(=O)=O)c3)cc2)n(CC(C)C)n1.CCOC(=O)c1cc(-c2ccc(Br)cc2)n(CC(C)C)n1. The van der Waals surface area contributed by atoms with Gasteiger partial charge in [0, 0.05) is 42.9 Å². The highest BCUT2D eigenvalue weighted by atomic mass is 79.9. The number of carboxylic acids is 1. The monoisotopic (exact) mass is 1550 g/mol. The van der Waals surface area contributed by atoms with Crippen LogP contribution in [0.25, 0.3) is 56.0 Å². The van der Waals surface area contributed by atoms with E-state index in [0.29, 0.717) is 76.6 Å². The third-order valence-corrected chi connectivity index (χ3v) is 20.8. The molecular formula is C76H92BBrN6O17S3. The van der Waals surface area contributed by atoms with Crippen molar-refractivity contribution in [3.63, 3.8) is 0 Å². The summed E-state index contributed by atoms with van der Waals surface area (Å²) in [5, 5.41) is 50.5. The zero-order chi connectivity index (χ0) is 77.0. The van der Waals surface area contributed by atoms with E-state index in [0.717, 1.165) is 74.6 Å². The Morgan fingerprint density at radius 3 is 1.05 bits per heavy atom. The molecule has 10 rings (SSSR count). The molecule has 9 aromatic rings. The highest BCUT2D eigenvalue weighted by Crippen LogP contribution is 2.38. The van der Waals surface area contributed by atoms with Gasteiger partial charge in [0.1, 0.15) is 0 Å². The molecule has 23 nitrogen and oxygen atoms in total. The van der Waals surface area contributed by atoms with Crippen LogP contribution in [0.1, 0.15) is 131 Å². The second kappa shape index (κ2) is 35.1. The number of ether oxygens (including phenoxy) is 2. The molecule has 0 aliphatic carbocycles. The number of benzene rings is 6. The van der Waals surface area contributed by atoms with Crippen LogP contribution in [0.2, 0.25) is 0 Å². The van der Waals surface area contributed by atoms with Crippen molar-refractivity contribution in [3.05, 3.63) is 184 Å². The molecule has 1 aliphatic rings. The first kappa shape index (κ1) is 82.8. The van der Waals surface area contributed by atoms with Gasteiger partial charge in [0.05, 0.1) is 76.0 Å². The van der Waals surface area contributed by atoms with Gasteiger partial charge in [0.15, 0.2) is 46.6 Å². The van der Waals surface area contributed by atoms with Crippen LogP contribution in [0.15, 0.2) is 165 Å². The van der Waals surface area contributed by atoms with Crippen LogP contribution in [0.5, 0.6) is 0 Å². The van der Waals surface area contributed by atoms with Crippen LogP contribution >= 0.6 is 15.9 Å². The smallest absolute Gasteiger partial charge is 0.476 e. The number of hydrogen-bond donors (Lipinski definition) is 4. The number of nitrogens with zero attached hydrogens (tertiary/aromatic N) is 6. The van der Waals surface area contributed by atoms with Crippen LogP contribution in [0.3, 0.4) is 0 Å². The molecule has 0 saturated carbocycles. The van der Waals surface area contributed by atoms with Crippen LogP contribution in [0, 0.1) is 17.8 Å². The molecule has 3 aromatic heterocycles. The van der Waals surface area contributed by atoms with E-state index in [1.54, 1.807) is 85.3 Å². The van der Waals surface area contributed by atoms with Crippen LogP contribution in [-0.2, 0) is 87.7 Å². The standard InChI is InChI=1S/C24H28N2O5S.C22H24N2O5S.C16H19BrN2O2.C14H21BO5S/c1-5-31-24(28)21-13-22(26(25-21)14-16(2)3)18-8-6-17(7-9-18)19-10-11-20(15-27)23(12-19)32(4,29)30;1-14(2)12-24-20(11-19(23-24)22(26)27)16-6-4-15(5-7-16)17-8-9-18(13-25)21(10-17)30(3,28)29;1-4-21-16(20)14-9-15(19(18-14)10-11(2)3)12-5-7-13(17)8-6-12;1-13(2)14(3,4)20-15(19-13)11-7-6-10(9-16)12(8-11)21(5,17)18/h6-13,16,27H,5,14-15H2,1-4H3;4-11,14,25H,12-13H2,1-3H3,(H,26,27);5-9,11H,4,10H2,1-3H3;6-8,16H,9H2,1-5H3. The van der Waals surface area contributed by atoms with E-state index in [9.17, 15) is 60.1 Å². The number of carbonyl (C=O) groups excluding carboxylic acids is 2. The lowest BCUT2D eigenvalue weighted by atomic mass is 9.79. The molecule has 1 aliphatic heterocycles. The number of rotatable bonds is 23. The summed E-state index contributed by atoms with van der Waals surface area (Å²) in [6.45, 7) is 25.4. The van der Waals surface area contributed by atoms with E-state index < -0.39 is 59.8 Å². The van der Waals surface area contributed by atoms with Crippen LogP contribution in [0.4, 0.5) is 0 Å². The molecule has 0 unspecified atom stereocenters. The summed E-state index contributed by atoms with van der Waals surface area (Å²) in [6.07, 6.45) is 3.37. The lowest BCUT2D eigenvalue weighted by Crippen LogP contribution is -2.41. The Kier molecular flexibility index (Phi) is 28.0. The zero-order valence-electron chi connectivity index (χ0n) is 61.2. The maximum Gasteiger partial charge on any atom is 0.494 e. The summed E-state index contributed by atoms with van der Waals surface area (Å²) >= 11 is 3.43. The average Bonchev–Trinajstić information content (AvgIpc) is 1.64. The summed E-state index contributed by atoms with van der Waals surface area (Å²) in [4.78, 5) is 35.7. The topological polar surface area (TPSA) is 325 Å². The lowest BCUT2D eigenvalue weighted by molar-refractivity contribution is 0.00578. The minimum absolute atomic E-state index is 0.00730. The summed E-state index contributed by atoms with van der Waals surface area (Å²) < 4.78 is 100. The summed E-state index contributed by atoms with van der Waals surface area (Å²) in [7, 11) is -11.0. The van der Waals surface area contributed by atoms with Crippen molar-refractivity contribution in [2.24, 2.45) is 17.8 Å². The van der Waals surface area contributed by atoms with Gasteiger partial charge in [0.25, 0.3) is 0 Å². The van der Waals surface area contributed by atoms with Gasteiger partial charge in [0.2, 0.25) is 0 Å². The molecule has 0 bridgehead atoms. The maximum absolute atomic E-state index is 12.2. The first-order valence-corrected chi connectivity index (χ1v) is 40.1. The van der Waals surface area contributed by atoms with Crippen molar-refractivity contribution in [1.29, 1.82) is 0 Å². The molecule has 6 aromatic carbocycles. The number of hydrogen-bond acceptors (Lipinski definition) is 19. The van der Waals surface area contributed by atoms with Gasteiger partial charge < -0.3 is 39.2 Å². The summed E-state index contributed by atoms with van der Waals surface area (Å²) in [5.41, 5.74) is 9.63. The normalized spacial score (nSPS) is 13.4. The van der Waals surface area contributed by atoms with Crippen molar-refractivity contribution >= 4 is 75.9 Å². The zero-order valence-corrected chi connectivity index (χ0v) is 65.2. The highest BCUT2D eigenvalue weighted by molar-refractivity contribution is 9.10. The first-order chi connectivity index (χ1) is 48.7. The summed E-state index contributed by atoms with van der Waals surface area (Å²) in [6, 6.07) is 42.8. The Bertz CT molecular complexity index is 4840. The van der Waals surface area contributed by atoms with Crippen molar-refractivity contribution in [2.75, 3.05) is 32.0 Å². The van der Waals surface area contributed by atoms with Gasteiger partial charge in [-0.1, -0.05) is 155 Å². The third-order valence-electron chi connectivity index (χ3n) is 16.8. The number of carbonyl (C=O) groups is 3.